The molecule has 1 heterocycles. The summed E-state index contributed by atoms with van der Waals surface area (Å²) in [7, 11) is 0. The third-order valence-electron chi connectivity index (χ3n) is 2.85. The molecule has 1 aromatic heterocycles. The topological polar surface area (TPSA) is 38.0 Å². The Morgan fingerprint density at radius 3 is 2.67 bits per heavy atom. The van der Waals surface area contributed by atoms with Crippen LogP contribution in [-0.4, -0.2) is 0 Å². The Labute approximate surface area is 121 Å². The first-order valence-corrected chi connectivity index (χ1v) is 7.22. The number of rotatable bonds is 4. The summed E-state index contributed by atoms with van der Waals surface area (Å²) >= 11 is 13.5. The van der Waals surface area contributed by atoms with Crippen LogP contribution in [0.15, 0.2) is 30.3 Å². The van der Waals surface area contributed by atoms with E-state index in [0.29, 0.717) is 8.67 Å². The van der Waals surface area contributed by atoms with Gasteiger partial charge in [0.1, 0.15) is 0 Å². The van der Waals surface area contributed by atoms with E-state index in [0.717, 1.165) is 17.5 Å². The number of nitrogens with two attached hydrogens (primary N) is 1. The van der Waals surface area contributed by atoms with Crippen LogP contribution in [0.2, 0.25) is 8.67 Å². The Morgan fingerprint density at radius 2 is 2.11 bits per heavy atom. The Balaban J connectivity index is 2.41. The molecule has 2 nitrogen and oxygen atoms in total. The van der Waals surface area contributed by atoms with Crippen molar-refractivity contribution in [1.29, 1.82) is 0 Å². The van der Waals surface area contributed by atoms with Crippen LogP contribution in [0.25, 0.3) is 0 Å². The molecule has 0 saturated carbocycles. The van der Waals surface area contributed by atoms with Gasteiger partial charge >= 0.3 is 0 Å². The van der Waals surface area contributed by atoms with Gasteiger partial charge in [0.25, 0.3) is 0 Å². The summed E-state index contributed by atoms with van der Waals surface area (Å²) in [5.41, 5.74) is 6.08. The molecular formula is C13H14Cl2N2S. The first-order valence-electron chi connectivity index (χ1n) is 5.65. The zero-order valence-corrected chi connectivity index (χ0v) is 12.2. The first-order chi connectivity index (χ1) is 8.65. The lowest BCUT2D eigenvalue weighted by Crippen LogP contribution is -2.28. The summed E-state index contributed by atoms with van der Waals surface area (Å²) in [4.78, 5) is 0. The lowest BCUT2D eigenvalue weighted by atomic mass is 9.99. The van der Waals surface area contributed by atoms with Crippen molar-refractivity contribution in [2.24, 2.45) is 5.84 Å². The number of nitrogens with one attached hydrogen (secondary N) is 1. The van der Waals surface area contributed by atoms with Crippen molar-refractivity contribution in [3.05, 3.63) is 55.7 Å². The van der Waals surface area contributed by atoms with Gasteiger partial charge in [0.05, 0.1) is 14.7 Å². The van der Waals surface area contributed by atoms with Crippen molar-refractivity contribution in [2.45, 2.75) is 19.4 Å². The SMILES string of the molecule is CCc1cccc(C(NN)c2cc(Cl)sc2Cl)c1. The zero-order chi connectivity index (χ0) is 13.1. The fourth-order valence-electron chi connectivity index (χ4n) is 1.91. The fourth-order valence-corrected chi connectivity index (χ4v) is 3.44. The van der Waals surface area contributed by atoms with Gasteiger partial charge in [-0.25, -0.2) is 5.43 Å². The average molecular weight is 301 g/mol. The largest absolute Gasteiger partial charge is 0.271 e. The quantitative estimate of drug-likeness (QED) is 0.657. The van der Waals surface area contributed by atoms with Crippen LogP contribution in [-0.2, 0) is 6.42 Å². The second-order valence-corrected chi connectivity index (χ2v) is 6.26. The third-order valence-corrected chi connectivity index (χ3v) is 4.37. The minimum absolute atomic E-state index is 0.132. The van der Waals surface area contributed by atoms with Crippen LogP contribution in [0.1, 0.15) is 29.7 Å². The summed E-state index contributed by atoms with van der Waals surface area (Å²) in [6, 6.07) is 10.0. The van der Waals surface area contributed by atoms with E-state index in [9.17, 15) is 0 Å². The minimum Gasteiger partial charge on any atom is -0.271 e. The highest BCUT2D eigenvalue weighted by atomic mass is 35.5. The first kappa shape index (κ1) is 13.8. The lowest BCUT2D eigenvalue weighted by molar-refractivity contribution is 0.638. The molecule has 2 aromatic rings. The molecule has 0 aliphatic carbocycles. The molecule has 1 unspecified atom stereocenters. The van der Waals surface area contributed by atoms with Crippen molar-refractivity contribution in [3.8, 4) is 0 Å². The van der Waals surface area contributed by atoms with Crippen molar-refractivity contribution in [2.75, 3.05) is 0 Å². The Hall–Kier alpha value is -0.580. The van der Waals surface area contributed by atoms with Gasteiger partial charge in [0.15, 0.2) is 0 Å². The van der Waals surface area contributed by atoms with Gasteiger partial charge < -0.3 is 0 Å². The summed E-state index contributed by atoms with van der Waals surface area (Å²) in [6.45, 7) is 2.12. The average Bonchev–Trinajstić information content (AvgIpc) is 2.70. The van der Waals surface area contributed by atoms with E-state index in [1.165, 1.54) is 16.9 Å². The maximum absolute atomic E-state index is 6.18. The van der Waals surface area contributed by atoms with Gasteiger partial charge in [-0.1, -0.05) is 54.4 Å². The maximum atomic E-state index is 6.18. The lowest BCUT2D eigenvalue weighted by Gasteiger charge is -2.16. The van der Waals surface area contributed by atoms with Crippen LogP contribution in [0.4, 0.5) is 0 Å². The van der Waals surface area contributed by atoms with Crippen LogP contribution >= 0.6 is 34.5 Å². The van der Waals surface area contributed by atoms with E-state index in [-0.39, 0.29) is 6.04 Å². The number of benzene rings is 1. The molecule has 5 heteroatoms. The van der Waals surface area contributed by atoms with E-state index in [2.05, 4.69) is 24.5 Å². The second-order valence-electron chi connectivity index (χ2n) is 3.98. The molecule has 3 N–H and O–H groups in total. The molecule has 0 fully saturated rings. The van der Waals surface area contributed by atoms with E-state index in [4.69, 9.17) is 29.0 Å². The number of hydrogen-bond acceptors (Lipinski definition) is 3. The summed E-state index contributed by atoms with van der Waals surface area (Å²) in [5, 5.41) is 0. The smallest absolute Gasteiger partial charge is 0.0995 e. The predicted molar refractivity (Wildman–Crippen MR) is 79.3 cm³/mol. The van der Waals surface area contributed by atoms with Crippen molar-refractivity contribution < 1.29 is 0 Å². The number of aryl methyl sites for hydroxylation is 1. The molecule has 1 atom stereocenters. The molecule has 0 aliphatic rings. The van der Waals surface area contributed by atoms with Gasteiger partial charge in [-0.05, 0) is 23.6 Å². The molecule has 0 radical (unpaired) electrons. The van der Waals surface area contributed by atoms with E-state index in [1.807, 2.05) is 18.2 Å². The molecule has 1 aromatic carbocycles. The Bertz CT molecular complexity index is 540. The van der Waals surface area contributed by atoms with Crippen molar-refractivity contribution in [3.63, 3.8) is 0 Å². The van der Waals surface area contributed by atoms with Gasteiger partial charge in [-0.15, -0.1) is 11.3 Å². The summed E-state index contributed by atoms with van der Waals surface area (Å²) < 4.78 is 1.34. The highest BCUT2D eigenvalue weighted by Gasteiger charge is 2.18. The van der Waals surface area contributed by atoms with Crippen LogP contribution in [0.5, 0.6) is 0 Å². The highest BCUT2D eigenvalue weighted by molar-refractivity contribution is 7.20. The van der Waals surface area contributed by atoms with Gasteiger partial charge in [0.2, 0.25) is 0 Å². The molecule has 0 amide bonds. The molecule has 2 rings (SSSR count). The van der Waals surface area contributed by atoms with Gasteiger partial charge in [0, 0.05) is 5.56 Å². The van der Waals surface area contributed by atoms with E-state index < -0.39 is 0 Å². The number of halogens is 2. The predicted octanol–water partition coefficient (Wildman–Crippen LogP) is 4.17. The number of thiophene rings is 1. The molecule has 0 saturated heterocycles. The molecule has 0 aliphatic heterocycles. The fraction of sp³-hybridized carbons (Fsp3) is 0.231. The summed E-state index contributed by atoms with van der Waals surface area (Å²) in [6.07, 6.45) is 0.989. The van der Waals surface area contributed by atoms with Gasteiger partial charge in [-0.2, -0.15) is 0 Å². The third kappa shape index (κ3) is 2.87. The van der Waals surface area contributed by atoms with Gasteiger partial charge in [-0.3, -0.25) is 5.84 Å². The molecule has 0 bridgehead atoms. The molecular weight excluding hydrogens is 287 g/mol. The molecule has 18 heavy (non-hydrogen) atoms. The van der Waals surface area contributed by atoms with Crippen molar-refractivity contribution >= 4 is 34.5 Å². The second kappa shape index (κ2) is 6.04. The van der Waals surface area contributed by atoms with Crippen LogP contribution in [0, 0.1) is 0 Å². The highest BCUT2D eigenvalue weighted by Crippen LogP contribution is 2.37. The zero-order valence-electron chi connectivity index (χ0n) is 9.91. The summed E-state index contributed by atoms with van der Waals surface area (Å²) in [5.74, 6) is 5.66. The number of hydrazine groups is 1. The maximum Gasteiger partial charge on any atom is 0.0995 e. The normalized spacial score (nSPS) is 12.7. The Morgan fingerprint density at radius 1 is 1.33 bits per heavy atom. The Kier molecular flexibility index (Phi) is 4.65. The minimum atomic E-state index is -0.132. The van der Waals surface area contributed by atoms with Crippen molar-refractivity contribution in [1.82, 2.24) is 5.43 Å². The monoisotopic (exact) mass is 300 g/mol. The van der Waals surface area contributed by atoms with E-state index >= 15 is 0 Å². The standard InChI is InChI=1S/C13H14Cl2N2S/c1-2-8-4-3-5-9(6-8)12(17-16)10-7-11(14)18-13(10)15/h3-7,12,17H,2,16H2,1H3. The van der Waals surface area contributed by atoms with Crippen LogP contribution < -0.4 is 11.3 Å². The van der Waals surface area contributed by atoms with E-state index in [1.54, 1.807) is 0 Å². The molecule has 0 spiro atoms. The molecule has 96 valence electrons. The van der Waals surface area contributed by atoms with Crippen LogP contribution in [0.3, 0.4) is 0 Å². The number of hydrogen-bond donors (Lipinski definition) is 2.